The highest BCUT2D eigenvalue weighted by Gasteiger charge is 2.29. The van der Waals surface area contributed by atoms with Crippen molar-refractivity contribution in [1.82, 2.24) is 10.2 Å². The normalized spacial score (nSPS) is 11.6. The molecule has 25 heavy (non-hydrogen) atoms. The smallest absolute Gasteiger partial charge is 0.247 e. The average molecular weight is 342 g/mol. The van der Waals surface area contributed by atoms with Gasteiger partial charge in [-0.3, -0.25) is 9.59 Å². The van der Waals surface area contributed by atoms with Crippen LogP contribution in [-0.2, 0) is 16.1 Å². The monoisotopic (exact) mass is 342 g/mol. The predicted molar refractivity (Wildman–Crippen MR) is 95.1 cm³/mol. The summed E-state index contributed by atoms with van der Waals surface area (Å²) in [6.07, 6.45) is 0.811. The Kier molecular flexibility index (Phi) is 6.69. The molecule has 0 spiro atoms. The van der Waals surface area contributed by atoms with Gasteiger partial charge in [-0.15, -0.1) is 0 Å². The van der Waals surface area contributed by atoms with Crippen molar-refractivity contribution in [2.45, 2.75) is 32.9 Å². The summed E-state index contributed by atoms with van der Waals surface area (Å²) in [4.78, 5) is 26.5. The number of nitrogens with one attached hydrogen (secondary N) is 1. The highest BCUT2D eigenvalue weighted by atomic mass is 19.1. The second kappa shape index (κ2) is 8.97. The third kappa shape index (κ3) is 5.14. The topological polar surface area (TPSA) is 49.4 Å². The largest absolute Gasteiger partial charge is 0.354 e. The molecule has 0 saturated carbocycles. The summed E-state index contributed by atoms with van der Waals surface area (Å²) in [7, 11) is 0. The van der Waals surface area contributed by atoms with Crippen LogP contribution in [0.2, 0.25) is 0 Å². The van der Waals surface area contributed by atoms with Crippen molar-refractivity contribution in [1.29, 1.82) is 0 Å². The van der Waals surface area contributed by atoms with Gasteiger partial charge in [0.25, 0.3) is 0 Å². The van der Waals surface area contributed by atoms with Gasteiger partial charge in [-0.1, -0.05) is 49.4 Å². The van der Waals surface area contributed by atoms with Crippen molar-refractivity contribution in [2.24, 2.45) is 0 Å². The fraction of sp³-hybridized carbons (Fsp3) is 0.300. The van der Waals surface area contributed by atoms with Gasteiger partial charge < -0.3 is 10.2 Å². The molecule has 0 bridgehead atoms. The molecule has 0 aliphatic heterocycles. The number of rotatable bonds is 7. The minimum absolute atomic E-state index is 0.217. The lowest BCUT2D eigenvalue weighted by molar-refractivity contribution is -0.140. The molecule has 1 atom stereocenters. The molecule has 2 aromatic carbocycles. The molecule has 4 nitrogen and oxygen atoms in total. The number of nitrogens with zero attached hydrogens (tertiary/aromatic N) is 1. The van der Waals surface area contributed by atoms with Gasteiger partial charge in [0.15, 0.2) is 0 Å². The van der Waals surface area contributed by atoms with E-state index in [-0.39, 0.29) is 24.2 Å². The van der Waals surface area contributed by atoms with Gasteiger partial charge in [0.05, 0.1) is 0 Å². The summed E-state index contributed by atoms with van der Waals surface area (Å²) in [6, 6.07) is 14.4. The zero-order chi connectivity index (χ0) is 18.2. The van der Waals surface area contributed by atoms with Crippen LogP contribution in [0, 0.1) is 5.82 Å². The van der Waals surface area contributed by atoms with Crippen LogP contribution in [0.3, 0.4) is 0 Å². The highest BCUT2D eigenvalue weighted by Crippen LogP contribution is 2.24. The van der Waals surface area contributed by atoms with Crippen molar-refractivity contribution >= 4 is 11.8 Å². The molecule has 0 aromatic heterocycles. The maximum Gasteiger partial charge on any atom is 0.247 e. The van der Waals surface area contributed by atoms with Crippen molar-refractivity contribution in [3.8, 4) is 0 Å². The van der Waals surface area contributed by atoms with E-state index < -0.39 is 6.04 Å². The molecule has 0 fully saturated rings. The van der Waals surface area contributed by atoms with Gasteiger partial charge in [0.1, 0.15) is 11.9 Å². The van der Waals surface area contributed by atoms with Crippen LogP contribution in [0.15, 0.2) is 54.6 Å². The Morgan fingerprint density at radius 2 is 1.72 bits per heavy atom. The van der Waals surface area contributed by atoms with Gasteiger partial charge in [-0.05, 0) is 29.7 Å². The number of hydrogen-bond acceptors (Lipinski definition) is 2. The maximum absolute atomic E-state index is 13.1. The fourth-order valence-corrected chi connectivity index (χ4v) is 2.62. The second-order valence-electron chi connectivity index (χ2n) is 5.88. The molecule has 2 aromatic rings. The molecular weight excluding hydrogens is 319 g/mol. The molecule has 0 heterocycles. The highest BCUT2D eigenvalue weighted by molar-refractivity contribution is 5.88. The first-order valence-electron chi connectivity index (χ1n) is 8.37. The predicted octanol–water partition coefficient (Wildman–Crippen LogP) is 3.44. The van der Waals surface area contributed by atoms with Gasteiger partial charge in [0.2, 0.25) is 11.8 Å². The SMILES string of the molecule is CCCNC(=O)[C@@H](c1ccccc1)N(Cc1ccc(F)cc1)C(C)=O. The van der Waals surface area contributed by atoms with Crippen LogP contribution in [0.25, 0.3) is 0 Å². The summed E-state index contributed by atoms with van der Waals surface area (Å²) in [5.74, 6) is -0.770. The van der Waals surface area contributed by atoms with Crippen molar-refractivity contribution < 1.29 is 14.0 Å². The first-order valence-corrected chi connectivity index (χ1v) is 8.37. The van der Waals surface area contributed by atoms with E-state index in [2.05, 4.69) is 5.32 Å². The third-order valence-electron chi connectivity index (χ3n) is 3.90. The van der Waals surface area contributed by atoms with Gasteiger partial charge in [-0.2, -0.15) is 0 Å². The zero-order valence-electron chi connectivity index (χ0n) is 14.5. The van der Waals surface area contributed by atoms with E-state index in [4.69, 9.17) is 0 Å². The van der Waals surface area contributed by atoms with Crippen LogP contribution >= 0.6 is 0 Å². The summed E-state index contributed by atoms with van der Waals surface area (Å²) in [5, 5.41) is 2.87. The number of benzene rings is 2. The van der Waals surface area contributed by atoms with E-state index in [9.17, 15) is 14.0 Å². The van der Waals surface area contributed by atoms with Crippen LogP contribution in [0.5, 0.6) is 0 Å². The van der Waals surface area contributed by atoms with Crippen molar-refractivity contribution in [3.05, 3.63) is 71.5 Å². The zero-order valence-corrected chi connectivity index (χ0v) is 14.5. The molecular formula is C20H23FN2O2. The van der Waals surface area contributed by atoms with E-state index in [1.807, 2.05) is 37.3 Å². The first-order chi connectivity index (χ1) is 12.0. The van der Waals surface area contributed by atoms with E-state index in [1.54, 1.807) is 12.1 Å². The van der Waals surface area contributed by atoms with E-state index >= 15 is 0 Å². The second-order valence-corrected chi connectivity index (χ2v) is 5.88. The molecule has 0 unspecified atom stereocenters. The molecule has 0 saturated heterocycles. The lowest BCUT2D eigenvalue weighted by Crippen LogP contribution is -2.42. The summed E-state index contributed by atoms with van der Waals surface area (Å²) < 4.78 is 13.1. The standard InChI is InChI=1S/C20H23FN2O2/c1-3-13-22-20(25)19(17-7-5-4-6-8-17)23(15(2)24)14-16-9-11-18(21)12-10-16/h4-12,19H,3,13-14H2,1-2H3,(H,22,25)/t19-/m1/s1. The van der Waals surface area contributed by atoms with Gasteiger partial charge >= 0.3 is 0 Å². The Hall–Kier alpha value is -2.69. The van der Waals surface area contributed by atoms with Gasteiger partial charge in [-0.25, -0.2) is 4.39 Å². The molecule has 5 heteroatoms. The Bertz CT molecular complexity index is 701. The Morgan fingerprint density at radius 1 is 1.08 bits per heavy atom. The minimum atomic E-state index is -0.727. The molecule has 1 N–H and O–H groups in total. The molecule has 0 aliphatic carbocycles. The fourth-order valence-electron chi connectivity index (χ4n) is 2.62. The number of hydrogen-bond donors (Lipinski definition) is 1. The molecule has 2 amide bonds. The first kappa shape index (κ1) is 18.6. The Balaban J connectivity index is 2.34. The average Bonchev–Trinajstić information content (AvgIpc) is 2.62. The number of halogens is 1. The number of carbonyl (C=O) groups excluding carboxylic acids is 2. The minimum Gasteiger partial charge on any atom is -0.354 e. The number of carbonyl (C=O) groups is 2. The maximum atomic E-state index is 13.1. The Labute approximate surface area is 147 Å². The molecule has 0 aliphatic rings. The van der Waals surface area contributed by atoms with Crippen molar-refractivity contribution in [2.75, 3.05) is 6.54 Å². The quantitative estimate of drug-likeness (QED) is 0.838. The van der Waals surface area contributed by atoms with Crippen molar-refractivity contribution in [3.63, 3.8) is 0 Å². The summed E-state index contributed by atoms with van der Waals surface area (Å²) in [5.41, 5.74) is 1.51. The van der Waals surface area contributed by atoms with Gasteiger partial charge in [0, 0.05) is 20.0 Å². The van der Waals surface area contributed by atoms with E-state index in [0.717, 1.165) is 17.5 Å². The van der Waals surface area contributed by atoms with Crippen LogP contribution in [-0.4, -0.2) is 23.3 Å². The van der Waals surface area contributed by atoms with Crippen LogP contribution < -0.4 is 5.32 Å². The number of amides is 2. The summed E-state index contributed by atoms with van der Waals surface area (Å²) in [6.45, 7) is 4.19. The van der Waals surface area contributed by atoms with E-state index in [0.29, 0.717) is 6.54 Å². The summed E-state index contributed by atoms with van der Waals surface area (Å²) >= 11 is 0. The van der Waals surface area contributed by atoms with Crippen LogP contribution in [0.1, 0.15) is 37.4 Å². The Morgan fingerprint density at radius 3 is 2.28 bits per heavy atom. The molecule has 2 rings (SSSR count). The molecule has 132 valence electrons. The van der Waals surface area contributed by atoms with Crippen LogP contribution in [0.4, 0.5) is 4.39 Å². The third-order valence-corrected chi connectivity index (χ3v) is 3.90. The lowest BCUT2D eigenvalue weighted by Gasteiger charge is -2.30. The molecule has 0 radical (unpaired) electrons. The van der Waals surface area contributed by atoms with E-state index in [1.165, 1.54) is 24.0 Å². The lowest BCUT2D eigenvalue weighted by atomic mass is 10.0.